The molecule has 0 atom stereocenters. The van der Waals surface area contributed by atoms with Gasteiger partial charge in [0.25, 0.3) is 0 Å². The fourth-order valence-corrected chi connectivity index (χ4v) is 1.39. The van der Waals surface area contributed by atoms with E-state index in [1.807, 2.05) is 6.92 Å². The number of nitrogen functional groups attached to an aromatic ring is 1. The lowest BCUT2D eigenvalue weighted by atomic mass is 10.5. The fraction of sp³-hybridized carbons (Fsp3) is 0.500. The normalized spacial score (nSPS) is 10.3. The molecule has 0 saturated carbocycles. The number of nitrogens with two attached hydrogens (primary N) is 1. The summed E-state index contributed by atoms with van der Waals surface area (Å²) in [6.07, 6.45) is 4.26. The molecule has 10 nitrogen and oxygen atoms in total. The summed E-state index contributed by atoms with van der Waals surface area (Å²) < 4.78 is 7.06. The first kappa shape index (κ1) is 13.9. The van der Waals surface area contributed by atoms with Crippen LogP contribution < -0.4 is 21.3 Å². The summed E-state index contributed by atoms with van der Waals surface area (Å²) in [4.78, 5) is 12.2. The van der Waals surface area contributed by atoms with Crippen LogP contribution in [0.25, 0.3) is 0 Å². The second kappa shape index (κ2) is 7.19. The quantitative estimate of drug-likeness (QED) is 0.438. The Labute approximate surface area is 115 Å². The Balaban J connectivity index is 1.94. The van der Waals surface area contributed by atoms with Crippen molar-refractivity contribution >= 4 is 11.9 Å². The molecule has 10 heteroatoms. The molecule has 0 fully saturated rings. The average Bonchev–Trinajstić information content (AvgIpc) is 2.98. The molecular formula is C10H17N9O. The minimum absolute atomic E-state index is 0.234. The molecule has 2 aromatic rings. The molecule has 0 aliphatic rings. The summed E-state index contributed by atoms with van der Waals surface area (Å²) in [7, 11) is 0. The number of anilines is 2. The van der Waals surface area contributed by atoms with Gasteiger partial charge in [0.05, 0.1) is 19.3 Å². The second-order valence-electron chi connectivity index (χ2n) is 3.85. The Morgan fingerprint density at radius 1 is 1.30 bits per heavy atom. The van der Waals surface area contributed by atoms with Crippen LogP contribution in [0.15, 0.2) is 12.4 Å². The van der Waals surface area contributed by atoms with Crippen LogP contribution in [-0.2, 0) is 6.54 Å². The summed E-state index contributed by atoms with van der Waals surface area (Å²) in [5.74, 6) is 5.95. The van der Waals surface area contributed by atoms with Crippen LogP contribution in [0, 0.1) is 0 Å². The van der Waals surface area contributed by atoms with Gasteiger partial charge in [-0.2, -0.15) is 15.0 Å². The van der Waals surface area contributed by atoms with Gasteiger partial charge in [-0.3, -0.25) is 10.1 Å². The summed E-state index contributed by atoms with van der Waals surface area (Å²) in [5, 5.41) is 10.6. The first-order chi connectivity index (χ1) is 9.81. The second-order valence-corrected chi connectivity index (χ2v) is 3.85. The highest BCUT2D eigenvalue weighted by molar-refractivity contribution is 5.34. The third-order valence-corrected chi connectivity index (χ3v) is 2.28. The molecule has 4 N–H and O–H groups in total. The maximum Gasteiger partial charge on any atom is 0.323 e. The van der Waals surface area contributed by atoms with Crippen molar-refractivity contribution in [2.75, 3.05) is 23.9 Å². The molecule has 0 unspecified atom stereocenters. The van der Waals surface area contributed by atoms with Crippen LogP contribution in [0.2, 0.25) is 0 Å². The van der Waals surface area contributed by atoms with Gasteiger partial charge in [0.2, 0.25) is 11.9 Å². The van der Waals surface area contributed by atoms with Crippen molar-refractivity contribution < 1.29 is 4.74 Å². The Morgan fingerprint density at radius 2 is 2.15 bits per heavy atom. The van der Waals surface area contributed by atoms with E-state index in [1.54, 1.807) is 17.1 Å². The molecule has 0 radical (unpaired) electrons. The summed E-state index contributed by atoms with van der Waals surface area (Å²) in [6, 6.07) is 0.234. The zero-order valence-electron chi connectivity index (χ0n) is 11.2. The molecule has 0 spiro atoms. The average molecular weight is 279 g/mol. The van der Waals surface area contributed by atoms with Gasteiger partial charge >= 0.3 is 6.01 Å². The Bertz CT molecular complexity index is 515. The minimum Gasteiger partial charge on any atom is -0.463 e. The lowest BCUT2D eigenvalue weighted by Gasteiger charge is -2.08. The number of hydrogen-bond acceptors (Lipinski definition) is 9. The van der Waals surface area contributed by atoms with E-state index in [9.17, 15) is 0 Å². The molecule has 0 aromatic carbocycles. The molecule has 0 amide bonds. The molecule has 2 aromatic heterocycles. The Kier molecular flexibility index (Phi) is 5.00. The van der Waals surface area contributed by atoms with Crippen LogP contribution in [0.5, 0.6) is 6.01 Å². The van der Waals surface area contributed by atoms with Crippen molar-refractivity contribution in [3.05, 3.63) is 12.4 Å². The molecule has 2 heterocycles. The first-order valence-electron chi connectivity index (χ1n) is 6.25. The molecule has 108 valence electrons. The largest absolute Gasteiger partial charge is 0.463 e. The van der Waals surface area contributed by atoms with Crippen molar-refractivity contribution in [3.8, 4) is 6.01 Å². The number of hydrogen-bond donors (Lipinski definition) is 3. The maximum atomic E-state index is 5.37. The van der Waals surface area contributed by atoms with Crippen molar-refractivity contribution in [1.29, 1.82) is 0 Å². The number of aromatic nitrogens is 6. The highest BCUT2D eigenvalue weighted by Gasteiger charge is 2.06. The van der Waals surface area contributed by atoms with Crippen LogP contribution in [0.1, 0.15) is 13.3 Å². The minimum atomic E-state index is 0.234. The van der Waals surface area contributed by atoms with Gasteiger partial charge in [-0.05, 0) is 6.42 Å². The van der Waals surface area contributed by atoms with E-state index < -0.39 is 0 Å². The predicted molar refractivity (Wildman–Crippen MR) is 71.9 cm³/mol. The monoisotopic (exact) mass is 279 g/mol. The Hall–Kier alpha value is -2.49. The number of nitrogens with zero attached hydrogens (tertiary/aromatic N) is 6. The number of ether oxygens (including phenoxy) is 1. The molecule has 2 rings (SSSR count). The van der Waals surface area contributed by atoms with E-state index in [0.717, 1.165) is 6.42 Å². The van der Waals surface area contributed by atoms with E-state index in [-0.39, 0.29) is 12.0 Å². The fourth-order valence-electron chi connectivity index (χ4n) is 1.39. The van der Waals surface area contributed by atoms with Crippen molar-refractivity contribution in [2.45, 2.75) is 19.9 Å². The zero-order valence-corrected chi connectivity index (χ0v) is 11.2. The standard InChI is InChI=1S/C10H17N9O/c1-2-7-20-10-15-8(14-9(16-10)17-11)12-3-5-19-6-4-13-18-19/h4,6H,2-3,5,7,11H2,1H3,(H2,12,14,15,16,17). The van der Waals surface area contributed by atoms with Crippen LogP contribution in [0.4, 0.5) is 11.9 Å². The third-order valence-electron chi connectivity index (χ3n) is 2.28. The van der Waals surface area contributed by atoms with Gasteiger partial charge in [0.15, 0.2) is 0 Å². The lowest BCUT2D eigenvalue weighted by Crippen LogP contribution is -2.17. The summed E-state index contributed by atoms with van der Waals surface area (Å²) in [5.41, 5.74) is 2.38. The number of hydrazine groups is 1. The molecule has 20 heavy (non-hydrogen) atoms. The van der Waals surface area contributed by atoms with E-state index in [1.165, 1.54) is 0 Å². The third kappa shape index (κ3) is 4.02. The van der Waals surface area contributed by atoms with E-state index >= 15 is 0 Å². The van der Waals surface area contributed by atoms with E-state index in [0.29, 0.717) is 25.6 Å². The maximum absolute atomic E-state index is 5.37. The van der Waals surface area contributed by atoms with Gasteiger partial charge in [0, 0.05) is 12.7 Å². The highest BCUT2D eigenvalue weighted by Crippen LogP contribution is 2.10. The summed E-state index contributed by atoms with van der Waals surface area (Å²) >= 11 is 0. The Morgan fingerprint density at radius 3 is 2.85 bits per heavy atom. The number of rotatable bonds is 8. The van der Waals surface area contributed by atoms with Gasteiger partial charge in [-0.1, -0.05) is 12.1 Å². The van der Waals surface area contributed by atoms with Crippen LogP contribution in [-0.4, -0.2) is 43.1 Å². The van der Waals surface area contributed by atoms with Gasteiger partial charge in [-0.15, -0.1) is 5.10 Å². The topological polar surface area (TPSA) is 129 Å². The zero-order chi connectivity index (χ0) is 14.2. The van der Waals surface area contributed by atoms with E-state index in [2.05, 4.69) is 36.0 Å². The molecule has 0 saturated heterocycles. The van der Waals surface area contributed by atoms with Crippen molar-refractivity contribution in [3.63, 3.8) is 0 Å². The molecule has 0 aliphatic heterocycles. The van der Waals surface area contributed by atoms with Crippen molar-refractivity contribution in [2.24, 2.45) is 5.84 Å². The number of nitrogens with one attached hydrogen (secondary N) is 2. The smallest absolute Gasteiger partial charge is 0.323 e. The first-order valence-corrected chi connectivity index (χ1v) is 6.25. The van der Waals surface area contributed by atoms with Crippen LogP contribution >= 0.6 is 0 Å². The van der Waals surface area contributed by atoms with Gasteiger partial charge in [-0.25, -0.2) is 5.84 Å². The molecule has 0 aliphatic carbocycles. The molecular weight excluding hydrogens is 262 g/mol. The predicted octanol–water partition coefficient (Wildman–Crippen LogP) is -0.350. The van der Waals surface area contributed by atoms with Gasteiger partial charge in [0.1, 0.15) is 0 Å². The molecule has 0 bridgehead atoms. The van der Waals surface area contributed by atoms with E-state index in [4.69, 9.17) is 10.6 Å². The van der Waals surface area contributed by atoms with Crippen molar-refractivity contribution in [1.82, 2.24) is 29.9 Å². The summed E-state index contributed by atoms with van der Waals surface area (Å²) in [6.45, 7) is 3.76. The van der Waals surface area contributed by atoms with Crippen LogP contribution in [0.3, 0.4) is 0 Å². The SMILES string of the molecule is CCCOc1nc(NN)nc(NCCn2ccnn2)n1. The highest BCUT2D eigenvalue weighted by atomic mass is 16.5. The lowest BCUT2D eigenvalue weighted by molar-refractivity contribution is 0.292. The van der Waals surface area contributed by atoms with Gasteiger partial charge < -0.3 is 10.1 Å².